The number of nitrogens with zero attached hydrogens (tertiary/aromatic N) is 4. The second-order valence-corrected chi connectivity index (χ2v) is 7.17. The maximum atomic E-state index is 14.9. The number of amides is 1. The molecule has 4 N–H and O–H groups in total. The van der Waals surface area contributed by atoms with E-state index in [-0.39, 0.29) is 39.5 Å². The van der Waals surface area contributed by atoms with Gasteiger partial charge in [0.1, 0.15) is 23.0 Å². The molecule has 0 aliphatic heterocycles. The average Bonchev–Trinajstić information content (AvgIpc) is 3.20. The van der Waals surface area contributed by atoms with Crippen molar-refractivity contribution >= 4 is 23.3 Å². The molecule has 0 radical (unpaired) electrons. The number of para-hydroxylation sites is 1. The second-order valence-electron chi connectivity index (χ2n) is 6.79. The first-order valence-corrected chi connectivity index (χ1v) is 9.74. The lowest BCUT2D eigenvalue weighted by molar-refractivity contribution is -0.142. The van der Waals surface area contributed by atoms with Crippen molar-refractivity contribution in [3.63, 3.8) is 0 Å². The number of halogens is 5. The number of benzene rings is 2. The lowest BCUT2D eigenvalue weighted by Crippen LogP contribution is -2.21. The van der Waals surface area contributed by atoms with Gasteiger partial charge in [-0.2, -0.15) is 18.2 Å². The van der Waals surface area contributed by atoms with Gasteiger partial charge in [0.25, 0.3) is 5.91 Å². The van der Waals surface area contributed by atoms with Gasteiger partial charge in [-0.1, -0.05) is 29.8 Å². The van der Waals surface area contributed by atoms with E-state index in [4.69, 9.17) is 27.8 Å². The Hall–Kier alpha value is -4.19. The Morgan fingerprint density at radius 1 is 1.09 bits per heavy atom. The molecule has 0 spiro atoms. The van der Waals surface area contributed by atoms with Crippen LogP contribution in [0.3, 0.4) is 0 Å². The smallest absolute Gasteiger partial charge is 0.434 e. The molecule has 8 nitrogen and oxygen atoms in total. The summed E-state index contributed by atoms with van der Waals surface area (Å²) < 4.78 is 62.7. The van der Waals surface area contributed by atoms with Crippen LogP contribution in [0.4, 0.5) is 23.4 Å². The normalized spacial score (nSPS) is 11.4. The van der Waals surface area contributed by atoms with Crippen LogP contribution in [-0.4, -0.2) is 25.4 Å². The van der Waals surface area contributed by atoms with E-state index in [1.165, 1.54) is 30.3 Å². The van der Waals surface area contributed by atoms with Gasteiger partial charge in [0.05, 0.1) is 0 Å². The summed E-state index contributed by atoms with van der Waals surface area (Å²) in [5, 5.41) is -0.147. The molecule has 0 atom stereocenters. The summed E-state index contributed by atoms with van der Waals surface area (Å²) in [7, 11) is 0. The fourth-order valence-corrected chi connectivity index (χ4v) is 3.28. The summed E-state index contributed by atoms with van der Waals surface area (Å²) >= 11 is 5.94. The third kappa shape index (κ3) is 4.22. The summed E-state index contributed by atoms with van der Waals surface area (Å²) in [6.07, 6.45) is -3.93. The van der Waals surface area contributed by atoms with Crippen LogP contribution >= 0.6 is 11.6 Å². The molecule has 2 aromatic carbocycles. The number of rotatable bonds is 5. The number of alkyl halides is 3. The van der Waals surface area contributed by atoms with Gasteiger partial charge in [-0.05, 0) is 30.3 Å². The van der Waals surface area contributed by atoms with Crippen LogP contribution in [0.15, 0.2) is 54.9 Å². The lowest BCUT2D eigenvalue weighted by atomic mass is 10.2. The van der Waals surface area contributed by atoms with Gasteiger partial charge in [0.15, 0.2) is 23.0 Å². The van der Waals surface area contributed by atoms with E-state index in [1.807, 2.05) is 0 Å². The quantitative estimate of drug-likeness (QED) is 0.392. The van der Waals surface area contributed by atoms with Crippen LogP contribution < -0.4 is 16.2 Å². The number of anilines is 1. The third-order valence-corrected chi connectivity index (χ3v) is 4.93. The maximum absolute atomic E-state index is 14.9. The van der Waals surface area contributed by atoms with Crippen molar-refractivity contribution in [1.29, 1.82) is 0 Å². The molecule has 4 aromatic rings. The SMILES string of the molecule is NC(=O)c1nc(-c2ccc(Oc3ncnc(N)c3Cl)c(F)c2)n(-c2ccccc2)c1C(F)(F)F. The summed E-state index contributed by atoms with van der Waals surface area (Å²) in [4.78, 5) is 23.0. The molecule has 0 saturated heterocycles. The first-order valence-electron chi connectivity index (χ1n) is 9.36. The minimum absolute atomic E-state index is 0.0359. The highest BCUT2D eigenvalue weighted by Gasteiger charge is 2.42. The first kappa shape index (κ1) is 23.0. The maximum Gasteiger partial charge on any atom is 0.434 e. The Kier molecular flexibility index (Phi) is 5.83. The van der Waals surface area contributed by atoms with E-state index in [2.05, 4.69) is 15.0 Å². The van der Waals surface area contributed by atoms with Crippen LogP contribution in [0.2, 0.25) is 5.02 Å². The molecule has 174 valence electrons. The number of carbonyl (C=O) groups is 1. The highest BCUT2D eigenvalue weighted by Crippen LogP contribution is 2.39. The molecular weight excluding hydrogens is 480 g/mol. The summed E-state index contributed by atoms with van der Waals surface area (Å²) in [5.41, 5.74) is 8.30. The Balaban J connectivity index is 1.87. The van der Waals surface area contributed by atoms with Crippen molar-refractivity contribution < 1.29 is 27.1 Å². The molecule has 1 amide bonds. The summed E-state index contributed by atoms with van der Waals surface area (Å²) in [6.45, 7) is 0. The van der Waals surface area contributed by atoms with Crippen LogP contribution in [0.1, 0.15) is 16.2 Å². The molecule has 34 heavy (non-hydrogen) atoms. The molecule has 0 aliphatic rings. The van der Waals surface area contributed by atoms with Gasteiger partial charge in [-0.3, -0.25) is 9.36 Å². The molecule has 4 rings (SSSR count). The minimum atomic E-state index is -4.99. The number of nitrogens with two attached hydrogens (primary N) is 2. The number of imidazole rings is 1. The van der Waals surface area contributed by atoms with Gasteiger partial charge < -0.3 is 16.2 Å². The number of nitrogen functional groups attached to an aromatic ring is 1. The standard InChI is InChI=1S/C21H13ClF4N6O2/c22-14-17(27)29-9-30-20(14)34-13-7-6-10(8-12(13)23)19-31-15(18(28)33)16(21(24,25)26)32(19)11-4-2-1-3-5-11/h1-9H,(H2,28,33)(H2,27,29,30). The number of aromatic nitrogens is 4. The monoisotopic (exact) mass is 492 g/mol. The van der Waals surface area contributed by atoms with Crippen molar-refractivity contribution in [2.45, 2.75) is 6.18 Å². The van der Waals surface area contributed by atoms with Crippen LogP contribution in [0.5, 0.6) is 11.6 Å². The van der Waals surface area contributed by atoms with E-state index in [9.17, 15) is 22.4 Å². The summed E-state index contributed by atoms with van der Waals surface area (Å²) in [5.74, 6) is -3.37. The van der Waals surface area contributed by atoms with Gasteiger partial charge in [0.2, 0.25) is 5.88 Å². The molecule has 13 heteroatoms. The number of ether oxygens (including phenoxy) is 1. The molecule has 0 saturated carbocycles. The molecule has 0 aliphatic carbocycles. The zero-order valence-corrected chi connectivity index (χ0v) is 17.6. The minimum Gasteiger partial charge on any atom is -0.434 e. The second kappa shape index (κ2) is 8.63. The van der Waals surface area contributed by atoms with E-state index >= 15 is 0 Å². The Morgan fingerprint density at radius 2 is 1.79 bits per heavy atom. The Morgan fingerprint density at radius 3 is 2.41 bits per heavy atom. The van der Waals surface area contributed by atoms with Gasteiger partial charge in [0, 0.05) is 11.3 Å². The Bertz CT molecular complexity index is 1390. The zero-order valence-electron chi connectivity index (χ0n) is 16.8. The average molecular weight is 493 g/mol. The molecule has 0 bridgehead atoms. The van der Waals surface area contributed by atoms with Crippen LogP contribution in [0, 0.1) is 5.82 Å². The molecule has 0 fully saturated rings. The van der Waals surface area contributed by atoms with Crippen LogP contribution in [0.25, 0.3) is 17.1 Å². The predicted molar refractivity (Wildman–Crippen MR) is 114 cm³/mol. The third-order valence-electron chi connectivity index (χ3n) is 4.57. The molecular formula is C21H13ClF4N6O2. The lowest BCUT2D eigenvalue weighted by Gasteiger charge is -2.15. The topological polar surface area (TPSA) is 122 Å². The molecule has 2 aromatic heterocycles. The van der Waals surface area contributed by atoms with E-state index in [1.54, 1.807) is 6.07 Å². The van der Waals surface area contributed by atoms with Crippen molar-refractivity contribution in [3.05, 3.63) is 77.1 Å². The fraction of sp³-hybridized carbons (Fsp3) is 0.0476. The first-order chi connectivity index (χ1) is 16.1. The van der Waals surface area contributed by atoms with Gasteiger partial charge in [-0.25, -0.2) is 14.4 Å². The predicted octanol–water partition coefficient (Wildman–Crippen LogP) is 4.61. The van der Waals surface area contributed by atoms with Crippen molar-refractivity contribution in [3.8, 4) is 28.7 Å². The van der Waals surface area contributed by atoms with Gasteiger partial charge >= 0.3 is 6.18 Å². The highest BCUT2D eigenvalue weighted by molar-refractivity contribution is 6.34. The number of primary amides is 1. The zero-order chi connectivity index (χ0) is 24.6. The molecule has 2 heterocycles. The highest BCUT2D eigenvalue weighted by atomic mass is 35.5. The summed E-state index contributed by atoms with van der Waals surface area (Å²) in [6, 6.07) is 10.6. The van der Waals surface area contributed by atoms with Crippen molar-refractivity contribution in [1.82, 2.24) is 19.5 Å². The number of hydrogen-bond acceptors (Lipinski definition) is 6. The number of carbonyl (C=O) groups excluding carboxylic acids is 1. The Labute approximate surface area is 193 Å². The van der Waals surface area contributed by atoms with E-state index in [0.29, 0.717) is 4.57 Å². The number of hydrogen-bond donors (Lipinski definition) is 2. The largest absolute Gasteiger partial charge is 0.434 e. The van der Waals surface area contributed by atoms with Crippen molar-refractivity contribution in [2.75, 3.05) is 5.73 Å². The van der Waals surface area contributed by atoms with E-state index in [0.717, 1.165) is 18.5 Å². The van der Waals surface area contributed by atoms with Gasteiger partial charge in [-0.15, -0.1) is 0 Å². The molecule has 0 unspecified atom stereocenters. The van der Waals surface area contributed by atoms with Crippen LogP contribution in [-0.2, 0) is 6.18 Å². The van der Waals surface area contributed by atoms with E-state index < -0.39 is 29.3 Å². The fourth-order valence-electron chi connectivity index (χ4n) is 3.14. The van der Waals surface area contributed by atoms with Crippen molar-refractivity contribution in [2.24, 2.45) is 5.73 Å².